The van der Waals surface area contributed by atoms with Crippen LogP contribution in [0, 0.1) is 10.1 Å². The lowest BCUT2D eigenvalue weighted by atomic mass is 10.0. The van der Waals surface area contributed by atoms with Gasteiger partial charge in [-0.05, 0) is 17.7 Å². The van der Waals surface area contributed by atoms with Gasteiger partial charge < -0.3 is 10.1 Å². The average Bonchev–Trinajstić information content (AvgIpc) is 2.63. The van der Waals surface area contributed by atoms with E-state index in [-0.39, 0.29) is 11.7 Å². The normalized spacial score (nSPS) is 18.1. The quantitative estimate of drug-likeness (QED) is 0.653. The molecule has 132 valence electrons. The third kappa shape index (κ3) is 3.92. The molecular formula is C18H20ClN3O3. The Bertz CT molecular complexity index is 769. The minimum atomic E-state index is -0.394. The first kappa shape index (κ1) is 17.7. The van der Waals surface area contributed by atoms with Gasteiger partial charge in [0.2, 0.25) is 0 Å². The summed E-state index contributed by atoms with van der Waals surface area (Å²) in [6.07, 6.45) is 0. The van der Waals surface area contributed by atoms with Crippen LogP contribution in [0.15, 0.2) is 42.5 Å². The second kappa shape index (κ2) is 7.82. The van der Waals surface area contributed by atoms with Crippen molar-refractivity contribution in [3.05, 3.63) is 68.7 Å². The third-order valence-electron chi connectivity index (χ3n) is 4.47. The zero-order valence-electron chi connectivity index (χ0n) is 13.9. The van der Waals surface area contributed by atoms with Crippen LogP contribution in [0.4, 0.5) is 5.69 Å². The Morgan fingerprint density at radius 2 is 2.16 bits per heavy atom. The maximum absolute atomic E-state index is 11.0. The van der Waals surface area contributed by atoms with Gasteiger partial charge in [0, 0.05) is 48.9 Å². The fourth-order valence-corrected chi connectivity index (χ4v) is 3.38. The maximum Gasteiger partial charge on any atom is 0.269 e. The smallest absolute Gasteiger partial charge is 0.269 e. The second-order valence-corrected chi connectivity index (χ2v) is 6.37. The van der Waals surface area contributed by atoms with Crippen LogP contribution in [0.25, 0.3) is 0 Å². The summed E-state index contributed by atoms with van der Waals surface area (Å²) in [5.41, 5.74) is 1.92. The van der Waals surface area contributed by atoms with Gasteiger partial charge in [-0.3, -0.25) is 15.0 Å². The van der Waals surface area contributed by atoms with Crippen molar-refractivity contribution >= 4 is 17.3 Å². The molecule has 0 radical (unpaired) electrons. The van der Waals surface area contributed by atoms with Gasteiger partial charge in [-0.15, -0.1) is 0 Å². The van der Waals surface area contributed by atoms with Gasteiger partial charge in [0.25, 0.3) is 5.69 Å². The van der Waals surface area contributed by atoms with Crippen LogP contribution < -0.4 is 10.1 Å². The van der Waals surface area contributed by atoms with Gasteiger partial charge >= 0.3 is 0 Å². The minimum absolute atomic E-state index is 0.0587. The summed E-state index contributed by atoms with van der Waals surface area (Å²) in [4.78, 5) is 12.9. The number of nitro benzene ring substituents is 1. The van der Waals surface area contributed by atoms with E-state index in [4.69, 9.17) is 16.3 Å². The minimum Gasteiger partial charge on any atom is -0.496 e. The number of hydrogen-bond acceptors (Lipinski definition) is 5. The molecule has 7 heteroatoms. The number of para-hydroxylation sites is 1. The van der Waals surface area contributed by atoms with Crippen molar-refractivity contribution in [2.45, 2.75) is 12.6 Å². The summed E-state index contributed by atoms with van der Waals surface area (Å²) in [6.45, 7) is 3.01. The van der Waals surface area contributed by atoms with Crippen LogP contribution in [0.3, 0.4) is 0 Å². The van der Waals surface area contributed by atoms with Crippen molar-refractivity contribution in [3.8, 4) is 5.75 Å². The molecule has 0 aromatic heterocycles. The number of nitro groups is 1. The second-order valence-electron chi connectivity index (χ2n) is 5.97. The fraction of sp³-hybridized carbons (Fsp3) is 0.333. The van der Waals surface area contributed by atoms with Crippen LogP contribution >= 0.6 is 11.6 Å². The van der Waals surface area contributed by atoms with Crippen LogP contribution in [-0.4, -0.2) is 36.6 Å². The Labute approximate surface area is 151 Å². The Balaban J connectivity index is 1.90. The number of nitrogens with one attached hydrogen (secondary N) is 1. The van der Waals surface area contributed by atoms with Crippen LogP contribution in [0.1, 0.15) is 17.2 Å². The number of ether oxygens (including phenoxy) is 1. The Hall–Kier alpha value is -2.15. The lowest BCUT2D eigenvalue weighted by molar-refractivity contribution is -0.384. The zero-order chi connectivity index (χ0) is 17.8. The molecule has 1 heterocycles. The predicted octanol–water partition coefficient (Wildman–Crippen LogP) is 3.40. The van der Waals surface area contributed by atoms with E-state index in [1.165, 1.54) is 6.07 Å². The zero-order valence-corrected chi connectivity index (χ0v) is 14.7. The van der Waals surface area contributed by atoms with Crippen molar-refractivity contribution < 1.29 is 9.66 Å². The third-order valence-corrected chi connectivity index (χ3v) is 4.83. The molecule has 0 saturated carbocycles. The fourth-order valence-electron chi connectivity index (χ4n) is 3.20. The molecule has 0 spiro atoms. The largest absolute Gasteiger partial charge is 0.496 e. The van der Waals surface area contributed by atoms with E-state index >= 15 is 0 Å². The predicted molar refractivity (Wildman–Crippen MR) is 97.1 cm³/mol. The lowest BCUT2D eigenvalue weighted by Gasteiger charge is -2.37. The van der Waals surface area contributed by atoms with E-state index in [2.05, 4.69) is 16.3 Å². The molecular weight excluding hydrogens is 342 g/mol. The maximum atomic E-state index is 11.0. The number of methoxy groups -OCH3 is 1. The van der Waals surface area contributed by atoms with Gasteiger partial charge in [-0.1, -0.05) is 29.8 Å². The van der Waals surface area contributed by atoms with Crippen molar-refractivity contribution in [2.24, 2.45) is 0 Å². The number of non-ortho nitro benzene ring substituents is 1. The van der Waals surface area contributed by atoms with E-state index in [9.17, 15) is 10.1 Å². The summed E-state index contributed by atoms with van der Waals surface area (Å²) in [5, 5.41) is 15.0. The first-order valence-electron chi connectivity index (χ1n) is 8.10. The number of nitrogens with zero attached hydrogens (tertiary/aromatic N) is 2. The van der Waals surface area contributed by atoms with Crippen molar-refractivity contribution in [1.29, 1.82) is 0 Å². The number of hydrogen-bond donors (Lipinski definition) is 1. The average molecular weight is 362 g/mol. The van der Waals surface area contributed by atoms with E-state index in [0.717, 1.165) is 36.5 Å². The standard InChI is InChI=1S/C18H20ClN3O3/c1-25-18-5-3-2-4-15(18)17-11-20-8-9-21(17)12-13-10-14(22(23)24)6-7-16(13)19/h2-7,10,17,20H,8-9,11-12H2,1H3. The van der Waals surface area contributed by atoms with Gasteiger partial charge in [-0.25, -0.2) is 0 Å². The number of benzene rings is 2. The molecule has 0 aliphatic carbocycles. The number of rotatable bonds is 5. The number of piperazine rings is 1. The molecule has 1 aliphatic rings. The Morgan fingerprint density at radius 3 is 2.92 bits per heavy atom. The first-order chi connectivity index (χ1) is 12.1. The highest BCUT2D eigenvalue weighted by Crippen LogP contribution is 2.32. The topological polar surface area (TPSA) is 67.6 Å². The molecule has 1 fully saturated rings. The van der Waals surface area contributed by atoms with Crippen molar-refractivity contribution in [2.75, 3.05) is 26.7 Å². The summed E-state index contributed by atoms with van der Waals surface area (Å²) in [7, 11) is 1.66. The molecule has 2 aromatic rings. The van der Waals surface area contributed by atoms with Crippen LogP contribution in [0.2, 0.25) is 5.02 Å². The Morgan fingerprint density at radius 1 is 1.36 bits per heavy atom. The molecule has 25 heavy (non-hydrogen) atoms. The van der Waals surface area contributed by atoms with E-state index in [0.29, 0.717) is 11.6 Å². The highest BCUT2D eigenvalue weighted by molar-refractivity contribution is 6.31. The molecule has 0 amide bonds. The molecule has 1 saturated heterocycles. The number of halogens is 1. The van der Waals surface area contributed by atoms with Crippen molar-refractivity contribution in [1.82, 2.24) is 10.2 Å². The van der Waals surface area contributed by atoms with Gasteiger partial charge in [0.1, 0.15) is 5.75 Å². The molecule has 1 aliphatic heterocycles. The van der Waals surface area contributed by atoms with Crippen molar-refractivity contribution in [3.63, 3.8) is 0 Å². The molecule has 1 atom stereocenters. The lowest BCUT2D eigenvalue weighted by Crippen LogP contribution is -2.45. The van der Waals surface area contributed by atoms with E-state index < -0.39 is 4.92 Å². The highest BCUT2D eigenvalue weighted by Gasteiger charge is 2.27. The molecule has 1 N–H and O–H groups in total. The SMILES string of the molecule is COc1ccccc1C1CNCCN1Cc1cc([N+](=O)[O-])ccc1Cl. The molecule has 6 nitrogen and oxygen atoms in total. The van der Waals surface area contributed by atoms with Crippen LogP contribution in [-0.2, 0) is 6.54 Å². The molecule has 2 aromatic carbocycles. The highest BCUT2D eigenvalue weighted by atomic mass is 35.5. The van der Waals surface area contributed by atoms with Gasteiger partial charge in [0.05, 0.1) is 18.1 Å². The monoisotopic (exact) mass is 361 g/mol. The summed E-state index contributed by atoms with van der Waals surface area (Å²) in [6, 6.07) is 12.6. The summed E-state index contributed by atoms with van der Waals surface area (Å²) >= 11 is 6.28. The first-order valence-corrected chi connectivity index (χ1v) is 8.48. The van der Waals surface area contributed by atoms with E-state index in [1.807, 2.05) is 18.2 Å². The molecule has 3 rings (SSSR count). The molecule has 0 bridgehead atoms. The summed E-state index contributed by atoms with van der Waals surface area (Å²) in [5.74, 6) is 0.839. The summed E-state index contributed by atoms with van der Waals surface area (Å²) < 4.78 is 5.50. The van der Waals surface area contributed by atoms with Crippen LogP contribution in [0.5, 0.6) is 5.75 Å². The molecule has 1 unspecified atom stereocenters. The Kier molecular flexibility index (Phi) is 5.53. The van der Waals surface area contributed by atoms with Gasteiger partial charge in [0.15, 0.2) is 0 Å². The van der Waals surface area contributed by atoms with E-state index in [1.54, 1.807) is 19.2 Å². The van der Waals surface area contributed by atoms with Gasteiger partial charge in [-0.2, -0.15) is 0 Å².